The van der Waals surface area contributed by atoms with Crippen LogP contribution in [0.3, 0.4) is 0 Å². The number of halogens is 4. The van der Waals surface area contributed by atoms with Crippen LogP contribution in [0.15, 0.2) is 48.5 Å². The molecular formula is C22H21ClF3N3O. The number of hydrogen-bond acceptors (Lipinski definition) is 3. The number of hydrogen-bond donors (Lipinski definition) is 1. The highest BCUT2D eigenvalue weighted by atomic mass is 35.5. The molecule has 0 saturated heterocycles. The number of para-hydroxylation sites is 1. The molecule has 0 atom stereocenters. The topological polar surface area (TPSA) is 45.2 Å². The van der Waals surface area contributed by atoms with E-state index < -0.39 is 17.6 Å². The number of benzene rings is 2. The van der Waals surface area contributed by atoms with E-state index in [0.717, 1.165) is 28.1 Å². The molecule has 0 aliphatic rings. The Labute approximate surface area is 177 Å². The first kappa shape index (κ1) is 22.1. The van der Waals surface area contributed by atoms with Gasteiger partial charge in [0.15, 0.2) is 0 Å². The van der Waals surface area contributed by atoms with E-state index in [4.69, 9.17) is 11.6 Å². The van der Waals surface area contributed by atoms with Crippen molar-refractivity contribution >= 4 is 34.1 Å². The monoisotopic (exact) mass is 435 g/mol. The maximum atomic E-state index is 13.1. The Balaban J connectivity index is 1.73. The Hall–Kier alpha value is -2.64. The average molecular weight is 436 g/mol. The van der Waals surface area contributed by atoms with Gasteiger partial charge in [-0.1, -0.05) is 42.8 Å². The predicted octanol–water partition coefficient (Wildman–Crippen LogP) is 5.68. The summed E-state index contributed by atoms with van der Waals surface area (Å²) in [5.41, 5.74) is 1.47. The maximum absolute atomic E-state index is 13.1. The van der Waals surface area contributed by atoms with Crippen LogP contribution >= 0.6 is 11.6 Å². The van der Waals surface area contributed by atoms with E-state index >= 15 is 0 Å². The van der Waals surface area contributed by atoms with Gasteiger partial charge < -0.3 is 5.32 Å². The first-order valence-electron chi connectivity index (χ1n) is 9.41. The maximum Gasteiger partial charge on any atom is 0.418 e. The summed E-state index contributed by atoms with van der Waals surface area (Å²) in [6.45, 7) is 4.61. The predicted molar refractivity (Wildman–Crippen MR) is 113 cm³/mol. The Morgan fingerprint density at radius 2 is 1.90 bits per heavy atom. The molecule has 1 N–H and O–H groups in total. The van der Waals surface area contributed by atoms with Crippen molar-refractivity contribution < 1.29 is 18.0 Å². The van der Waals surface area contributed by atoms with Crippen LogP contribution in [-0.2, 0) is 17.5 Å². The van der Waals surface area contributed by atoms with Crippen molar-refractivity contribution in [2.75, 3.05) is 18.4 Å². The largest absolute Gasteiger partial charge is 0.418 e. The molecular weight excluding hydrogens is 415 g/mol. The van der Waals surface area contributed by atoms with Crippen molar-refractivity contribution in [3.8, 4) is 0 Å². The second-order valence-corrected chi connectivity index (χ2v) is 7.39. The summed E-state index contributed by atoms with van der Waals surface area (Å²) in [5.74, 6) is -0.533. The molecule has 4 nitrogen and oxygen atoms in total. The van der Waals surface area contributed by atoms with Crippen LogP contribution in [-0.4, -0.2) is 28.9 Å². The van der Waals surface area contributed by atoms with Gasteiger partial charge in [-0.15, -0.1) is 0 Å². The molecule has 0 fully saturated rings. The molecule has 1 amide bonds. The summed E-state index contributed by atoms with van der Waals surface area (Å²) in [6, 6.07) is 12.7. The zero-order valence-electron chi connectivity index (χ0n) is 16.6. The molecule has 0 bridgehead atoms. The number of likely N-dealkylation sites (N-methyl/N-ethyl adjacent to an activating group) is 1. The zero-order chi connectivity index (χ0) is 21.9. The van der Waals surface area contributed by atoms with E-state index in [1.807, 2.05) is 38.1 Å². The number of fused-ring (bicyclic) bond motifs is 1. The molecule has 1 heterocycles. The van der Waals surface area contributed by atoms with Crippen molar-refractivity contribution in [1.82, 2.24) is 9.88 Å². The SMILES string of the molecule is CCN(CC(=O)Nc1ccccc1C(F)(F)F)Cc1cc2ccc(C)cc2nc1Cl. The molecule has 8 heteroatoms. The van der Waals surface area contributed by atoms with E-state index in [2.05, 4.69) is 10.3 Å². The minimum absolute atomic E-state index is 0.0784. The normalized spacial score (nSPS) is 11.8. The van der Waals surface area contributed by atoms with Crippen LogP contribution < -0.4 is 5.32 Å². The lowest BCUT2D eigenvalue weighted by atomic mass is 10.1. The van der Waals surface area contributed by atoms with Crippen LogP contribution in [0.1, 0.15) is 23.6 Å². The van der Waals surface area contributed by atoms with Gasteiger partial charge in [-0.2, -0.15) is 13.2 Å². The highest BCUT2D eigenvalue weighted by Gasteiger charge is 2.33. The van der Waals surface area contributed by atoms with Gasteiger partial charge in [0.2, 0.25) is 5.91 Å². The number of amides is 1. The fourth-order valence-electron chi connectivity index (χ4n) is 3.16. The number of pyridine rings is 1. The molecule has 0 saturated carbocycles. The summed E-state index contributed by atoms with van der Waals surface area (Å²) in [4.78, 5) is 18.6. The summed E-state index contributed by atoms with van der Waals surface area (Å²) in [6.07, 6.45) is -4.54. The van der Waals surface area contributed by atoms with Gasteiger partial charge in [-0.25, -0.2) is 4.98 Å². The van der Waals surface area contributed by atoms with Crippen LogP contribution in [0, 0.1) is 6.92 Å². The third-order valence-corrected chi connectivity index (χ3v) is 5.04. The van der Waals surface area contributed by atoms with E-state index in [9.17, 15) is 18.0 Å². The smallest absolute Gasteiger partial charge is 0.324 e. The number of alkyl halides is 3. The van der Waals surface area contributed by atoms with Crippen molar-refractivity contribution in [2.45, 2.75) is 26.6 Å². The second kappa shape index (κ2) is 9.02. The minimum atomic E-state index is -4.54. The molecule has 0 aliphatic carbocycles. The van der Waals surface area contributed by atoms with Crippen LogP contribution in [0.2, 0.25) is 5.15 Å². The quantitative estimate of drug-likeness (QED) is 0.507. The number of anilines is 1. The Kier molecular flexibility index (Phi) is 6.63. The van der Waals surface area contributed by atoms with Gasteiger partial charge in [0.25, 0.3) is 0 Å². The van der Waals surface area contributed by atoms with Gasteiger partial charge in [0, 0.05) is 17.5 Å². The molecule has 3 rings (SSSR count). The molecule has 3 aromatic rings. The molecule has 0 radical (unpaired) electrons. The number of nitrogens with one attached hydrogen (secondary N) is 1. The Bertz CT molecular complexity index is 1070. The first-order chi connectivity index (χ1) is 14.2. The summed E-state index contributed by atoms with van der Waals surface area (Å²) in [5, 5.41) is 3.64. The van der Waals surface area contributed by atoms with E-state index in [1.54, 1.807) is 4.90 Å². The van der Waals surface area contributed by atoms with Gasteiger partial charge >= 0.3 is 6.18 Å². The number of nitrogens with zero attached hydrogens (tertiary/aromatic N) is 2. The van der Waals surface area contributed by atoms with Crippen molar-refractivity contribution in [2.24, 2.45) is 0 Å². The fourth-order valence-corrected chi connectivity index (χ4v) is 3.37. The Morgan fingerprint density at radius 1 is 1.17 bits per heavy atom. The molecule has 0 unspecified atom stereocenters. The fraction of sp³-hybridized carbons (Fsp3) is 0.273. The van der Waals surface area contributed by atoms with Crippen LogP contribution in [0.25, 0.3) is 10.9 Å². The third kappa shape index (κ3) is 5.29. The number of carbonyl (C=O) groups excluding carboxylic acids is 1. The van der Waals surface area contributed by atoms with Crippen molar-refractivity contribution in [1.29, 1.82) is 0 Å². The van der Waals surface area contributed by atoms with Gasteiger partial charge in [-0.05, 0) is 43.3 Å². The van der Waals surface area contributed by atoms with Crippen LogP contribution in [0.4, 0.5) is 18.9 Å². The second-order valence-electron chi connectivity index (χ2n) is 7.03. The summed E-state index contributed by atoms with van der Waals surface area (Å²) >= 11 is 6.33. The summed E-state index contributed by atoms with van der Waals surface area (Å²) in [7, 11) is 0. The van der Waals surface area contributed by atoms with E-state index in [-0.39, 0.29) is 12.2 Å². The lowest BCUT2D eigenvalue weighted by molar-refractivity contribution is -0.137. The minimum Gasteiger partial charge on any atom is -0.324 e. The average Bonchev–Trinajstić information content (AvgIpc) is 2.67. The zero-order valence-corrected chi connectivity index (χ0v) is 17.3. The molecule has 1 aromatic heterocycles. The van der Waals surface area contributed by atoms with Gasteiger partial charge in [0.1, 0.15) is 5.15 Å². The molecule has 0 aliphatic heterocycles. The highest BCUT2D eigenvalue weighted by Crippen LogP contribution is 2.34. The van der Waals surface area contributed by atoms with E-state index in [0.29, 0.717) is 18.2 Å². The first-order valence-corrected chi connectivity index (χ1v) is 9.79. The highest BCUT2D eigenvalue weighted by molar-refractivity contribution is 6.30. The molecule has 0 spiro atoms. The summed E-state index contributed by atoms with van der Waals surface area (Å²) < 4.78 is 39.4. The molecule has 2 aromatic carbocycles. The lowest BCUT2D eigenvalue weighted by Crippen LogP contribution is -2.33. The Morgan fingerprint density at radius 3 is 2.60 bits per heavy atom. The third-order valence-electron chi connectivity index (χ3n) is 4.71. The molecule has 158 valence electrons. The number of aryl methyl sites for hydroxylation is 1. The number of aromatic nitrogens is 1. The van der Waals surface area contributed by atoms with Crippen LogP contribution in [0.5, 0.6) is 0 Å². The lowest BCUT2D eigenvalue weighted by Gasteiger charge is -2.21. The van der Waals surface area contributed by atoms with Crippen molar-refractivity contribution in [3.05, 3.63) is 70.4 Å². The number of rotatable bonds is 6. The van der Waals surface area contributed by atoms with Gasteiger partial charge in [-0.3, -0.25) is 9.69 Å². The van der Waals surface area contributed by atoms with Crippen molar-refractivity contribution in [3.63, 3.8) is 0 Å². The van der Waals surface area contributed by atoms with E-state index in [1.165, 1.54) is 18.2 Å². The number of carbonyl (C=O) groups is 1. The van der Waals surface area contributed by atoms with Gasteiger partial charge in [0.05, 0.1) is 23.3 Å². The standard InChI is InChI=1S/C22H21ClF3N3O/c1-3-29(12-16-11-15-9-8-14(2)10-19(15)28-21(16)23)13-20(30)27-18-7-5-4-6-17(18)22(24,25)26/h4-11H,3,12-13H2,1-2H3,(H,27,30). The molecule has 30 heavy (non-hydrogen) atoms.